The second kappa shape index (κ2) is 8.46. The molecule has 0 spiro atoms. The molecule has 1 saturated heterocycles. The van der Waals surface area contributed by atoms with Crippen molar-refractivity contribution in [2.45, 2.75) is 45.6 Å². The van der Waals surface area contributed by atoms with Crippen LogP contribution in [0, 0.1) is 0 Å². The van der Waals surface area contributed by atoms with Gasteiger partial charge in [-0.25, -0.2) is 0 Å². The molecule has 0 saturated carbocycles. The molecule has 1 heterocycles. The van der Waals surface area contributed by atoms with Crippen LogP contribution in [-0.4, -0.2) is 37.8 Å². The molecule has 0 bridgehead atoms. The van der Waals surface area contributed by atoms with E-state index in [-0.39, 0.29) is 11.3 Å². The molecule has 156 valence electrons. The molecular formula is C24H32N2O3. The Hall–Kier alpha value is -2.53. The van der Waals surface area contributed by atoms with E-state index >= 15 is 0 Å². The molecule has 1 aliphatic heterocycles. The number of carbonyl (C=O) groups is 1. The van der Waals surface area contributed by atoms with Crippen LogP contribution in [0.4, 0.5) is 11.4 Å². The van der Waals surface area contributed by atoms with Crippen LogP contribution in [0.5, 0.6) is 5.75 Å². The van der Waals surface area contributed by atoms with Gasteiger partial charge in [-0.15, -0.1) is 0 Å². The summed E-state index contributed by atoms with van der Waals surface area (Å²) in [4.78, 5) is 15.3. The highest BCUT2D eigenvalue weighted by Crippen LogP contribution is 2.29. The average Bonchev–Trinajstić information content (AvgIpc) is 2.68. The zero-order chi connectivity index (χ0) is 21.1. The Kier molecular flexibility index (Phi) is 6.18. The van der Waals surface area contributed by atoms with Crippen LogP contribution in [0.15, 0.2) is 48.5 Å². The second-order valence-corrected chi connectivity index (χ2v) is 8.96. The van der Waals surface area contributed by atoms with Crippen molar-refractivity contribution in [1.82, 2.24) is 0 Å². The summed E-state index contributed by atoms with van der Waals surface area (Å²) in [7, 11) is 0. The topological polar surface area (TPSA) is 50.8 Å². The minimum Gasteiger partial charge on any atom is -0.478 e. The molecule has 1 amide bonds. The van der Waals surface area contributed by atoms with Crippen LogP contribution in [0.3, 0.4) is 0 Å². The highest BCUT2D eigenvalue weighted by molar-refractivity contribution is 5.99. The lowest BCUT2D eigenvalue weighted by Crippen LogP contribution is -2.43. The highest BCUT2D eigenvalue weighted by Gasteiger charge is 2.31. The third-order valence-electron chi connectivity index (χ3n) is 5.14. The van der Waals surface area contributed by atoms with E-state index < -0.39 is 5.60 Å². The van der Waals surface area contributed by atoms with E-state index in [4.69, 9.17) is 9.47 Å². The summed E-state index contributed by atoms with van der Waals surface area (Å²) in [5.74, 6) is 0.498. The lowest BCUT2D eigenvalue weighted by molar-refractivity contribution is -0.128. The normalized spacial score (nSPS) is 15.1. The van der Waals surface area contributed by atoms with Gasteiger partial charge in [-0.2, -0.15) is 0 Å². The molecule has 1 N–H and O–H groups in total. The van der Waals surface area contributed by atoms with E-state index in [2.05, 4.69) is 43.1 Å². The van der Waals surface area contributed by atoms with Gasteiger partial charge in [-0.3, -0.25) is 4.79 Å². The maximum atomic E-state index is 13.0. The van der Waals surface area contributed by atoms with Gasteiger partial charge in [0.2, 0.25) is 0 Å². The minimum atomic E-state index is -1.01. The highest BCUT2D eigenvalue weighted by atomic mass is 16.5. The van der Waals surface area contributed by atoms with Crippen LogP contribution in [0.1, 0.15) is 40.2 Å². The van der Waals surface area contributed by atoms with E-state index in [1.807, 2.05) is 36.4 Å². The van der Waals surface area contributed by atoms with E-state index in [1.54, 1.807) is 13.8 Å². The van der Waals surface area contributed by atoms with Gasteiger partial charge >= 0.3 is 0 Å². The van der Waals surface area contributed by atoms with Crippen LogP contribution >= 0.6 is 0 Å². The Morgan fingerprint density at radius 1 is 0.966 bits per heavy atom. The Bertz CT molecular complexity index is 832. The maximum absolute atomic E-state index is 13.0. The maximum Gasteiger partial charge on any atom is 0.268 e. The van der Waals surface area contributed by atoms with Gasteiger partial charge in [0.15, 0.2) is 5.60 Å². The van der Waals surface area contributed by atoms with Crippen molar-refractivity contribution in [1.29, 1.82) is 0 Å². The average molecular weight is 397 g/mol. The molecule has 0 aromatic heterocycles. The number of anilines is 2. The van der Waals surface area contributed by atoms with E-state index in [9.17, 15) is 4.79 Å². The number of morpholine rings is 1. The van der Waals surface area contributed by atoms with Gasteiger partial charge in [0.05, 0.1) is 24.6 Å². The van der Waals surface area contributed by atoms with Gasteiger partial charge in [0, 0.05) is 13.1 Å². The summed E-state index contributed by atoms with van der Waals surface area (Å²) in [6.07, 6.45) is 0. The number of hydrogen-bond acceptors (Lipinski definition) is 4. The van der Waals surface area contributed by atoms with Gasteiger partial charge in [0.1, 0.15) is 5.75 Å². The Morgan fingerprint density at radius 2 is 1.59 bits per heavy atom. The van der Waals surface area contributed by atoms with Crippen molar-refractivity contribution < 1.29 is 14.3 Å². The first kappa shape index (κ1) is 21.2. The monoisotopic (exact) mass is 396 g/mol. The first-order chi connectivity index (χ1) is 13.7. The number of para-hydroxylation sites is 2. The smallest absolute Gasteiger partial charge is 0.268 e. The third-order valence-corrected chi connectivity index (χ3v) is 5.14. The molecule has 0 aliphatic carbocycles. The molecule has 0 radical (unpaired) electrons. The van der Waals surface area contributed by atoms with E-state index in [0.29, 0.717) is 19.0 Å². The first-order valence-corrected chi connectivity index (χ1v) is 10.2. The van der Waals surface area contributed by atoms with Crippen LogP contribution in [0.25, 0.3) is 0 Å². The summed E-state index contributed by atoms with van der Waals surface area (Å²) >= 11 is 0. The third kappa shape index (κ3) is 5.30. The molecule has 2 aromatic carbocycles. The summed E-state index contributed by atoms with van der Waals surface area (Å²) in [5, 5.41) is 3.06. The van der Waals surface area contributed by atoms with Gasteiger partial charge < -0.3 is 19.7 Å². The van der Waals surface area contributed by atoms with E-state index in [1.165, 1.54) is 5.56 Å². The number of ether oxygens (including phenoxy) is 2. The van der Waals surface area contributed by atoms with Crippen molar-refractivity contribution in [3.05, 3.63) is 54.1 Å². The number of nitrogens with one attached hydrogen (secondary N) is 1. The quantitative estimate of drug-likeness (QED) is 0.801. The molecule has 29 heavy (non-hydrogen) atoms. The predicted molar refractivity (Wildman–Crippen MR) is 118 cm³/mol. The number of hydrogen-bond donors (Lipinski definition) is 1. The number of amides is 1. The lowest BCUT2D eigenvalue weighted by atomic mass is 9.87. The molecule has 0 atom stereocenters. The Balaban J connectivity index is 1.71. The van der Waals surface area contributed by atoms with Gasteiger partial charge in [-0.05, 0) is 49.1 Å². The van der Waals surface area contributed by atoms with Crippen molar-refractivity contribution in [3.63, 3.8) is 0 Å². The predicted octanol–water partition coefficient (Wildman–Crippen LogP) is 4.62. The van der Waals surface area contributed by atoms with Gasteiger partial charge in [0.25, 0.3) is 5.91 Å². The first-order valence-electron chi connectivity index (χ1n) is 10.2. The molecule has 5 heteroatoms. The summed E-state index contributed by atoms with van der Waals surface area (Å²) in [6, 6.07) is 15.8. The van der Waals surface area contributed by atoms with Crippen LogP contribution in [-0.2, 0) is 14.9 Å². The summed E-state index contributed by atoms with van der Waals surface area (Å²) < 4.78 is 11.5. The Morgan fingerprint density at radius 3 is 2.21 bits per heavy atom. The second-order valence-electron chi connectivity index (χ2n) is 8.96. The molecular weight excluding hydrogens is 364 g/mol. The molecule has 2 aromatic rings. The van der Waals surface area contributed by atoms with Crippen LogP contribution < -0.4 is 15.0 Å². The fraction of sp³-hybridized carbons (Fsp3) is 0.458. The van der Waals surface area contributed by atoms with E-state index in [0.717, 1.165) is 24.5 Å². The fourth-order valence-electron chi connectivity index (χ4n) is 3.30. The summed E-state index contributed by atoms with van der Waals surface area (Å²) in [6.45, 7) is 13.1. The van der Waals surface area contributed by atoms with Gasteiger partial charge in [-0.1, -0.05) is 45.0 Å². The largest absolute Gasteiger partial charge is 0.478 e. The lowest BCUT2D eigenvalue weighted by Gasteiger charge is -2.31. The SMILES string of the molecule is CC(C)(Oc1ccc(C(C)(C)C)cc1)C(=O)Nc1ccccc1N1CCOCC1. The zero-order valence-electron chi connectivity index (χ0n) is 18.1. The number of rotatable bonds is 5. The minimum absolute atomic E-state index is 0.0780. The Labute approximate surface area is 174 Å². The fourth-order valence-corrected chi connectivity index (χ4v) is 3.30. The number of carbonyl (C=O) groups excluding carboxylic acids is 1. The number of benzene rings is 2. The number of nitrogens with zero attached hydrogens (tertiary/aromatic N) is 1. The van der Waals surface area contributed by atoms with Crippen molar-refractivity contribution in [3.8, 4) is 5.75 Å². The molecule has 3 rings (SSSR count). The summed E-state index contributed by atoms with van der Waals surface area (Å²) in [5.41, 5.74) is 2.09. The van der Waals surface area contributed by atoms with Crippen molar-refractivity contribution in [2.24, 2.45) is 0 Å². The van der Waals surface area contributed by atoms with Crippen molar-refractivity contribution >= 4 is 17.3 Å². The van der Waals surface area contributed by atoms with Crippen LogP contribution in [0.2, 0.25) is 0 Å². The standard InChI is InChI=1S/C24H32N2O3/c1-23(2,3)18-10-12-19(13-11-18)29-24(4,5)22(27)25-20-8-6-7-9-21(20)26-14-16-28-17-15-26/h6-13H,14-17H2,1-5H3,(H,25,27). The molecule has 0 unspecified atom stereocenters. The molecule has 1 aliphatic rings. The zero-order valence-corrected chi connectivity index (χ0v) is 18.1. The molecule has 1 fully saturated rings. The van der Waals surface area contributed by atoms with Crippen molar-refractivity contribution in [2.75, 3.05) is 36.5 Å². The molecule has 5 nitrogen and oxygen atoms in total.